The molecule has 0 heterocycles. The van der Waals surface area contributed by atoms with E-state index < -0.39 is 11.9 Å². The van der Waals surface area contributed by atoms with E-state index in [0.717, 1.165) is 0 Å². The number of aromatic carboxylic acids is 1. The Morgan fingerprint density at radius 1 is 1.39 bits per heavy atom. The van der Waals surface area contributed by atoms with Gasteiger partial charge in [-0.15, -0.1) is 0 Å². The molecule has 0 atom stereocenters. The molecule has 18 heavy (non-hydrogen) atoms. The van der Waals surface area contributed by atoms with Crippen LogP contribution in [0.4, 0.5) is 5.69 Å². The Labute approximate surface area is 106 Å². The van der Waals surface area contributed by atoms with Crippen molar-refractivity contribution < 1.29 is 19.4 Å². The van der Waals surface area contributed by atoms with E-state index in [0.29, 0.717) is 18.2 Å². The summed E-state index contributed by atoms with van der Waals surface area (Å²) in [4.78, 5) is 22.5. The fraction of sp³-hybridized carbons (Fsp3) is 0.385. The minimum Gasteiger partial charge on any atom is -0.478 e. The Hall–Kier alpha value is -2.04. The van der Waals surface area contributed by atoms with Gasteiger partial charge in [-0.05, 0) is 24.1 Å². The van der Waals surface area contributed by atoms with E-state index in [1.807, 2.05) is 13.8 Å². The molecule has 0 unspecified atom stereocenters. The summed E-state index contributed by atoms with van der Waals surface area (Å²) in [5.74, 6) is -1.21. The van der Waals surface area contributed by atoms with Gasteiger partial charge in [-0.3, -0.25) is 0 Å². The van der Waals surface area contributed by atoms with Crippen molar-refractivity contribution >= 4 is 17.6 Å². The molecule has 0 aliphatic rings. The number of esters is 1. The lowest BCUT2D eigenvalue weighted by Gasteiger charge is -2.13. The summed E-state index contributed by atoms with van der Waals surface area (Å²) in [7, 11) is 1.27. The Morgan fingerprint density at radius 2 is 2.06 bits per heavy atom. The van der Waals surface area contributed by atoms with Crippen LogP contribution in [0, 0.1) is 5.92 Å². The maximum Gasteiger partial charge on any atom is 0.339 e. The van der Waals surface area contributed by atoms with Crippen LogP contribution in [0.2, 0.25) is 0 Å². The number of ether oxygens (including phenoxy) is 1. The number of carboxylic acid groups (broad SMARTS) is 1. The number of nitrogens with one attached hydrogen (secondary N) is 1. The molecule has 0 bridgehead atoms. The molecule has 0 aliphatic carbocycles. The second kappa shape index (κ2) is 6.05. The zero-order valence-electron chi connectivity index (χ0n) is 10.7. The quantitative estimate of drug-likeness (QED) is 0.785. The first-order chi connectivity index (χ1) is 8.45. The summed E-state index contributed by atoms with van der Waals surface area (Å²) >= 11 is 0. The van der Waals surface area contributed by atoms with Gasteiger partial charge in [0.1, 0.15) is 0 Å². The molecule has 2 N–H and O–H groups in total. The van der Waals surface area contributed by atoms with Crippen LogP contribution in [-0.2, 0) is 4.74 Å². The Morgan fingerprint density at radius 3 is 2.56 bits per heavy atom. The third-order valence-corrected chi connectivity index (χ3v) is 2.37. The maximum atomic E-state index is 11.6. The van der Waals surface area contributed by atoms with Gasteiger partial charge < -0.3 is 15.2 Å². The van der Waals surface area contributed by atoms with Gasteiger partial charge in [0, 0.05) is 12.2 Å². The highest BCUT2D eigenvalue weighted by atomic mass is 16.5. The van der Waals surface area contributed by atoms with Crippen molar-refractivity contribution in [2.24, 2.45) is 5.92 Å². The lowest BCUT2D eigenvalue weighted by atomic mass is 10.1. The molecule has 1 aromatic carbocycles. The normalized spacial score (nSPS) is 10.2. The number of hydrogen-bond acceptors (Lipinski definition) is 4. The third-order valence-electron chi connectivity index (χ3n) is 2.37. The van der Waals surface area contributed by atoms with E-state index in [9.17, 15) is 9.59 Å². The van der Waals surface area contributed by atoms with Crippen LogP contribution < -0.4 is 5.32 Å². The predicted molar refractivity (Wildman–Crippen MR) is 68.1 cm³/mol. The molecule has 0 amide bonds. The predicted octanol–water partition coefficient (Wildman–Crippen LogP) is 2.24. The molecule has 0 aromatic heterocycles. The minimum atomic E-state index is -1.07. The molecular formula is C13H17NO4. The van der Waals surface area contributed by atoms with Crippen LogP contribution >= 0.6 is 0 Å². The van der Waals surface area contributed by atoms with Crippen molar-refractivity contribution in [3.63, 3.8) is 0 Å². The number of methoxy groups -OCH3 is 1. The Balaban J connectivity index is 3.08. The minimum absolute atomic E-state index is 0.0606. The van der Waals surface area contributed by atoms with E-state index in [-0.39, 0.29) is 11.1 Å². The Kier molecular flexibility index (Phi) is 4.71. The first kappa shape index (κ1) is 14.0. The number of carbonyl (C=O) groups excluding carboxylic acids is 1. The van der Waals surface area contributed by atoms with E-state index in [2.05, 4.69) is 10.1 Å². The summed E-state index contributed by atoms with van der Waals surface area (Å²) in [5, 5.41) is 12.0. The van der Waals surface area contributed by atoms with Crippen LogP contribution in [0.1, 0.15) is 34.6 Å². The first-order valence-corrected chi connectivity index (χ1v) is 5.65. The summed E-state index contributed by atoms with van der Waals surface area (Å²) < 4.78 is 4.65. The maximum absolute atomic E-state index is 11.6. The number of carbonyl (C=O) groups is 2. The Bertz CT molecular complexity index is 454. The van der Waals surface area contributed by atoms with Gasteiger partial charge in [0.05, 0.1) is 18.2 Å². The topological polar surface area (TPSA) is 75.6 Å². The van der Waals surface area contributed by atoms with Gasteiger partial charge in [-0.25, -0.2) is 9.59 Å². The zero-order chi connectivity index (χ0) is 13.7. The number of hydrogen-bond donors (Lipinski definition) is 2. The highest BCUT2D eigenvalue weighted by Crippen LogP contribution is 2.19. The van der Waals surface area contributed by atoms with Gasteiger partial charge in [0.25, 0.3) is 0 Å². The van der Waals surface area contributed by atoms with Gasteiger partial charge in [-0.2, -0.15) is 0 Å². The fourth-order valence-electron chi connectivity index (χ4n) is 1.42. The molecule has 0 radical (unpaired) electrons. The van der Waals surface area contributed by atoms with Crippen molar-refractivity contribution in [1.82, 2.24) is 0 Å². The lowest BCUT2D eigenvalue weighted by Crippen LogP contribution is -2.13. The van der Waals surface area contributed by atoms with Crippen LogP contribution in [0.5, 0.6) is 0 Å². The van der Waals surface area contributed by atoms with Crippen molar-refractivity contribution in [1.29, 1.82) is 0 Å². The molecule has 5 heteroatoms. The SMILES string of the molecule is COC(=O)c1cc(C(=O)O)ccc1NCC(C)C. The average molecular weight is 251 g/mol. The molecule has 98 valence electrons. The lowest BCUT2D eigenvalue weighted by molar-refractivity contribution is 0.0602. The molecule has 1 aromatic rings. The highest BCUT2D eigenvalue weighted by molar-refractivity contribution is 5.99. The van der Waals surface area contributed by atoms with E-state index >= 15 is 0 Å². The smallest absolute Gasteiger partial charge is 0.339 e. The van der Waals surface area contributed by atoms with Crippen LogP contribution in [0.25, 0.3) is 0 Å². The van der Waals surface area contributed by atoms with E-state index in [4.69, 9.17) is 5.11 Å². The molecule has 0 fully saturated rings. The molecule has 0 saturated heterocycles. The molecule has 0 saturated carbocycles. The number of carboxylic acids is 1. The summed E-state index contributed by atoms with van der Waals surface area (Å²) in [6.07, 6.45) is 0. The second-order valence-electron chi connectivity index (χ2n) is 4.33. The first-order valence-electron chi connectivity index (χ1n) is 5.65. The van der Waals surface area contributed by atoms with E-state index in [1.54, 1.807) is 6.07 Å². The second-order valence-corrected chi connectivity index (χ2v) is 4.33. The zero-order valence-corrected chi connectivity index (χ0v) is 10.7. The summed E-state index contributed by atoms with van der Waals surface area (Å²) in [6.45, 7) is 4.77. The van der Waals surface area contributed by atoms with Crippen LogP contribution in [0.3, 0.4) is 0 Å². The highest BCUT2D eigenvalue weighted by Gasteiger charge is 2.15. The number of rotatable bonds is 5. The van der Waals surface area contributed by atoms with Crippen molar-refractivity contribution in [3.05, 3.63) is 29.3 Å². The van der Waals surface area contributed by atoms with Crippen LogP contribution in [-0.4, -0.2) is 30.7 Å². The summed E-state index contributed by atoms with van der Waals surface area (Å²) in [6, 6.07) is 4.35. The average Bonchev–Trinajstić information content (AvgIpc) is 2.34. The van der Waals surface area contributed by atoms with Gasteiger partial charge in [0.15, 0.2) is 0 Å². The van der Waals surface area contributed by atoms with Gasteiger partial charge >= 0.3 is 11.9 Å². The fourth-order valence-corrected chi connectivity index (χ4v) is 1.42. The molecule has 0 spiro atoms. The molecule has 1 rings (SSSR count). The largest absolute Gasteiger partial charge is 0.478 e. The molecule has 0 aliphatic heterocycles. The number of benzene rings is 1. The van der Waals surface area contributed by atoms with E-state index in [1.165, 1.54) is 19.2 Å². The summed E-state index contributed by atoms with van der Waals surface area (Å²) in [5.41, 5.74) is 0.879. The number of anilines is 1. The standard InChI is InChI=1S/C13H17NO4/c1-8(2)7-14-11-5-4-9(12(15)16)6-10(11)13(17)18-3/h4-6,8,14H,7H2,1-3H3,(H,15,16). The molecular weight excluding hydrogens is 234 g/mol. The van der Waals surface area contributed by atoms with Gasteiger partial charge in [-0.1, -0.05) is 13.8 Å². The van der Waals surface area contributed by atoms with Crippen LogP contribution in [0.15, 0.2) is 18.2 Å². The van der Waals surface area contributed by atoms with Crippen molar-refractivity contribution in [2.75, 3.05) is 19.0 Å². The molecule has 5 nitrogen and oxygen atoms in total. The van der Waals surface area contributed by atoms with Crippen molar-refractivity contribution in [2.45, 2.75) is 13.8 Å². The monoisotopic (exact) mass is 251 g/mol. The van der Waals surface area contributed by atoms with Gasteiger partial charge in [0.2, 0.25) is 0 Å². The third kappa shape index (κ3) is 3.48. The van der Waals surface area contributed by atoms with Crippen molar-refractivity contribution in [3.8, 4) is 0 Å².